The number of rotatable bonds is 5. The summed E-state index contributed by atoms with van der Waals surface area (Å²) in [6.45, 7) is 5.89. The Hall–Kier alpha value is -2.60. The van der Waals surface area contributed by atoms with E-state index in [0.29, 0.717) is 17.9 Å². The van der Waals surface area contributed by atoms with Crippen LogP contribution in [0, 0.1) is 11.8 Å². The van der Waals surface area contributed by atoms with Crippen molar-refractivity contribution in [2.75, 3.05) is 12.0 Å². The SMILES string of the molecule is C=C(C)CC1N(c2cccc(OC)c2)C(=O)[C@@H]2C(C(=O)O)[C@H]3C=C[C@@]12O3. The molecule has 2 unspecified atom stereocenters. The first kappa shape index (κ1) is 16.8. The highest BCUT2D eigenvalue weighted by Gasteiger charge is 2.71. The molecule has 6 heteroatoms. The van der Waals surface area contributed by atoms with E-state index in [1.165, 1.54) is 0 Å². The Morgan fingerprint density at radius 1 is 1.46 bits per heavy atom. The number of amides is 1. The molecule has 0 aliphatic carbocycles. The van der Waals surface area contributed by atoms with Crippen molar-refractivity contribution in [2.45, 2.75) is 31.1 Å². The molecule has 2 fully saturated rings. The number of methoxy groups -OCH3 is 1. The van der Waals surface area contributed by atoms with Crippen LogP contribution in [0.25, 0.3) is 0 Å². The molecule has 4 rings (SSSR count). The van der Waals surface area contributed by atoms with Gasteiger partial charge in [0.05, 0.1) is 25.2 Å². The maximum Gasteiger partial charge on any atom is 0.310 e. The Balaban J connectivity index is 1.84. The van der Waals surface area contributed by atoms with Gasteiger partial charge >= 0.3 is 5.97 Å². The molecular formula is C20H21NO5. The van der Waals surface area contributed by atoms with Crippen LogP contribution in [0.5, 0.6) is 5.75 Å². The lowest BCUT2D eigenvalue weighted by atomic mass is 9.74. The first-order chi connectivity index (χ1) is 12.4. The van der Waals surface area contributed by atoms with Crippen LogP contribution in [-0.4, -0.2) is 41.8 Å². The summed E-state index contributed by atoms with van der Waals surface area (Å²) in [6.07, 6.45) is 3.64. The van der Waals surface area contributed by atoms with Gasteiger partial charge in [0.1, 0.15) is 17.3 Å². The monoisotopic (exact) mass is 355 g/mol. The largest absolute Gasteiger partial charge is 0.497 e. The van der Waals surface area contributed by atoms with Crippen molar-refractivity contribution in [1.82, 2.24) is 0 Å². The number of fused-ring (bicyclic) bond motifs is 1. The van der Waals surface area contributed by atoms with Crippen molar-refractivity contribution >= 4 is 17.6 Å². The zero-order chi connectivity index (χ0) is 18.6. The van der Waals surface area contributed by atoms with Crippen LogP contribution in [0.4, 0.5) is 5.69 Å². The van der Waals surface area contributed by atoms with Gasteiger partial charge < -0.3 is 19.5 Å². The van der Waals surface area contributed by atoms with Crippen LogP contribution in [0.15, 0.2) is 48.6 Å². The molecule has 1 aromatic rings. The lowest BCUT2D eigenvalue weighted by molar-refractivity contribution is -0.146. The first-order valence-corrected chi connectivity index (χ1v) is 8.60. The molecule has 1 amide bonds. The van der Waals surface area contributed by atoms with Crippen LogP contribution < -0.4 is 9.64 Å². The van der Waals surface area contributed by atoms with Gasteiger partial charge in [-0.15, -0.1) is 6.58 Å². The maximum atomic E-state index is 13.4. The minimum absolute atomic E-state index is 0.219. The average molecular weight is 355 g/mol. The highest BCUT2D eigenvalue weighted by atomic mass is 16.5. The number of nitrogens with zero attached hydrogens (tertiary/aromatic N) is 1. The van der Waals surface area contributed by atoms with Crippen LogP contribution in [0.2, 0.25) is 0 Å². The summed E-state index contributed by atoms with van der Waals surface area (Å²) in [5.41, 5.74) is 0.659. The smallest absolute Gasteiger partial charge is 0.310 e. The van der Waals surface area contributed by atoms with Gasteiger partial charge in [0.25, 0.3) is 0 Å². The zero-order valence-electron chi connectivity index (χ0n) is 14.7. The minimum atomic E-state index is -0.999. The van der Waals surface area contributed by atoms with Crippen LogP contribution in [0.1, 0.15) is 13.3 Å². The molecular weight excluding hydrogens is 334 g/mol. The summed E-state index contributed by atoms with van der Waals surface area (Å²) in [6, 6.07) is 6.89. The predicted octanol–water partition coefficient (Wildman–Crippen LogP) is 2.40. The molecule has 26 heavy (non-hydrogen) atoms. The second-order valence-corrected chi connectivity index (χ2v) is 7.22. The van der Waals surface area contributed by atoms with Crippen LogP contribution >= 0.6 is 0 Å². The van der Waals surface area contributed by atoms with Crippen molar-refractivity contribution in [1.29, 1.82) is 0 Å². The summed E-state index contributed by atoms with van der Waals surface area (Å²) in [5, 5.41) is 9.68. The Bertz CT molecular complexity index is 831. The molecule has 0 aromatic heterocycles. The molecule has 1 spiro atoms. The molecule has 5 atom stereocenters. The van der Waals surface area contributed by atoms with Gasteiger partial charge in [0.2, 0.25) is 5.91 Å². The predicted molar refractivity (Wildman–Crippen MR) is 95.1 cm³/mol. The highest BCUT2D eigenvalue weighted by Crippen LogP contribution is 2.56. The molecule has 2 saturated heterocycles. The first-order valence-electron chi connectivity index (χ1n) is 8.60. The van der Waals surface area contributed by atoms with E-state index in [0.717, 1.165) is 5.57 Å². The molecule has 3 aliphatic rings. The third-order valence-corrected chi connectivity index (χ3v) is 5.58. The van der Waals surface area contributed by atoms with Crippen molar-refractivity contribution in [2.24, 2.45) is 11.8 Å². The molecule has 6 nitrogen and oxygen atoms in total. The number of hydrogen-bond acceptors (Lipinski definition) is 4. The second-order valence-electron chi connectivity index (χ2n) is 7.22. The Labute approximate surface area is 151 Å². The average Bonchev–Trinajstić information content (AvgIpc) is 3.24. The number of carboxylic acid groups (broad SMARTS) is 1. The van der Waals surface area contributed by atoms with E-state index in [9.17, 15) is 14.7 Å². The minimum Gasteiger partial charge on any atom is -0.497 e. The Morgan fingerprint density at radius 3 is 2.88 bits per heavy atom. The summed E-state index contributed by atoms with van der Waals surface area (Å²) < 4.78 is 11.4. The van der Waals surface area contributed by atoms with E-state index >= 15 is 0 Å². The van der Waals surface area contributed by atoms with Gasteiger partial charge in [0, 0.05) is 11.8 Å². The molecule has 0 saturated carbocycles. The maximum absolute atomic E-state index is 13.4. The Kier molecular flexibility index (Phi) is 3.70. The van der Waals surface area contributed by atoms with E-state index in [2.05, 4.69) is 6.58 Å². The van der Waals surface area contributed by atoms with E-state index in [4.69, 9.17) is 9.47 Å². The van der Waals surface area contributed by atoms with E-state index in [1.54, 1.807) is 30.2 Å². The molecule has 2 bridgehead atoms. The van der Waals surface area contributed by atoms with Gasteiger partial charge in [-0.1, -0.05) is 23.8 Å². The summed E-state index contributed by atoms with van der Waals surface area (Å²) in [5.74, 6) is -2.18. The van der Waals surface area contributed by atoms with Gasteiger partial charge in [-0.05, 0) is 25.5 Å². The second kappa shape index (κ2) is 5.71. The van der Waals surface area contributed by atoms with Gasteiger partial charge in [-0.25, -0.2) is 0 Å². The zero-order valence-corrected chi connectivity index (χ0v) is 14.7. The topological polar surface area (TPSA) is 76.1 Å². The number of carboxylic acids is 1. The van der Waals surface area contributed by atoms with Gasteiger partial charge in [-0.3, -0.25) is 9.59 Å². The third kappa shape index (κ3) is 2.15. The number of carbonyl (C=O) groups excluding carboxylic acids is 1. The van der Waals surface area contributed by atoms with Gasteiger partial charge in [-0.2, -0.15) is 0 Å². The molecule has 136 valence electrons. The summed E-state index contributed by atoms with van der Waals surface area (Å²) >= 11 is 0. The van der Waals surface area contributed by atoms with Crippen molar-refractivity contribution in [3.63, 3.8) is 0 Å². The molecule has 0 radical (unpaired) electrons. The van der Waals surface area contributed by atoms with E-state index in [1.807, 2.05) is 25.1 Å². The molecule has 3 aliphatic heterocycles. The quantitative estimate of drug-likeness (QED) is 0.821. The number of anilines is 1. The van der Waals surface area contributed by atoms with Crippen LogP contribution in [0.3, 0.4) is 0 Å². The standard InChI is InChI=1S/C20H21NO5/c1-11(2)9-15-20-8-7-14(26-20)16(19(23)24)17(20)18(22)21(15)12-5-4-6-13(10-12)25-3/h4-8,10,14-17H,1,9H2,2-3H3,(H,23,24)/t14-,15?,16?,17+,20-/m1/s1. The fraction of sp³-hybridized carbons (Fsp3) is 0.400. The fourth-order valence-electron chi connectivity index (χ4n) is 4.58. The summed E-state index contributed by atoms with van der Waals surface area (Å²) in [7, 11) is 1.57. The molecule has 1 N–H and O–H groups in total. The lowest BCUT2D eigenvalue weighted by Crippen LogP contribution is -2.45. The van der Waals surface area contributed by atoms with E-state index < -0.39 is 29.5 Å². The lowest BCUT2D eigenvalue weighted by Gasteiger charge is -2.33. The summed E-state index contributed by atoms with van der Waals surface area (Å²) in [4.78, 5) is 26.9. The van der Waals surface area contributed by atoms with E-state index in [-0.39, 0.29) is 11.9 Å². The number of carbonyl (C=O) groups is 2. The highest BCUT2D eigenvalue weighted by molar-refractivity contribution is 6.03. The number of benzene rings is 1. The molecule has 3 heterocycles. The fourth-order valence-corrected chi connectivity index (χ4v) is 4.58. The third-order valence-electron chi connectivity index (χ3n) is 5.58. The molecule has 1 aromatic carbocycles. The number of aliphatic carboxylic acids is 1. The number of ether oxygens (including phenoxy) is 2. The van der Waals surface area contributed by atoms with Gasteiger partial charge in [0.15, 0.2) is 0 Å². The van der Waals surface area contributed by atoms with Crippen molar-refractivity contribution in [3.8, 4) is 5.75 Å². The normalized spacial score (nSPS) is 34.2. The Morgan fingerprint density at radius 2 is 2.23 bits per heavy atom. The number of hydrogen-bond donors (Lipinski definition) is 1. The van der Waals surface area contributed by atoms with Crippen LogP contribution in [-0.2, 0) is 14.3 Å². The van der Waals surface area contributed by atoms with Crippen molar-refractivity contribution < 1.29 is 24.2 Å². The van der Waals surface area contributed by atoms with Crippen molar-refractivity contribution in [3.05, 3.63) is 48.6 Å².